The Labute approximate surface area is 121 Å². The smallest absolute Gasteiger partial charge is 0.0701 e. The highest BCUT2D eigenvalue weighted by molar-refractivity contribution is 9.11. The van der Waals surface area contributed by atoms with Gasteiger partial charge < -0.3 is 0 Å². The molecule has 18 heavy (non-hydrogen) atoms. The maximum atomic E-state index is 4.56. The molecule has 0 saturated heterocycles. The lowest BCUT2D eigenvalue weighted by Crippen LogP contribution is -2.22. The van der Waals surface area contributed by atoms with Crippen LogP contribution in [0.25, 0.3) is 0 Å². The number of thiophene rings is 1. The van der Waals surface area contributed by atoms with E-state index in [2.05, 4.69) is 57.0 Å². The van der Waals surface area contributed by atoms with E-state index in [-0.39, 0.29) is 0 Å². The molecule has 2 aromatic heterocycles. The van der Waals surface area contributed by atoms with Crippen molar-refractivity contribution in [1.29, 1.82) is 0 Å². The number of hydrogen-bond donors (Lipinski definition) is 0. The van der Waals surface area contributed by atoms with Crippen molar-refractivity contribution in [3.63, 3.8) is 0 Å². The zero-order chi connectivity index (χ0) is 13.0. The first kappa shape index (κ1) is 13.7. The van der Waals surface area contributed by atoms with E-state index in [1.807, 2.05) is 13.0 Å². The first-order chi connectivity index (χ1) is 8.67. The fraction of sp³-hybridized carbons (Fsp3) is 0.357. The van der Waals surface area contributed by atoms with Gasteiger partial charge in [0.1, 0.15) is 0 Å². The molecule has 0 aliphatic heterocycles. The monoisotopic (exact) mass is 324 g/mol. The summed E-state index contributed by atoms with van der Waals surface area (Å²) in [6.45, 7) is 7.16. The quantitative estimate of drug-likeness (QED) is 0.817. The van der Waals surface area contributed by atoms with E-state index in [1.165, 1.54) is 8.66 Å². The third-order valence-corrected chi connectivity index (χ3v) is 4.40. The van der Waals surface area contributed by atoms with Crippen molar-refractivity contribution in [2.45, 2.75) is 26.9 Å². The van der Waals surface area contributed by atoms with Gasteiger partial charge in [0, 0.05) is 23.7 Å². The minimum absolute atomic E-state index is 0.910. The van der Waals surface area contributed by atoms with Gasteiger partial charge in [-0.05, 0) is 53.7 Å². The molecule has 96 valence electrons. The predicted molar refractivity (Wildman–Crippen MR) is 80.8 cm³/mol. The largest absolute Gasteiger partial charge is 0.293 e. The highest BCUT2D eigenvalue weighted by Crippen LogP contribution is 2.23. The van der Waals surface area contributed by atoms with Crippen LogP contribution in [-0.4, -0.2) is 16.4 Å². The van der Waals surface area contributed by atoms with Crippen molar-refractivity contribution >= 4 is 27.3 Å². The molecule has 0 atom stereocenters. The maximum absolute atomic E-state index is 4.56. The van der Waals surface area contributed by atoms with Gasteiger partial charge in [-0.1, -0.05) is 13.0 Å². The Balaban J connectivity index is 2.01. The zero-order valence-electron chi connectivity index (χ0n) is 10.7. The third kappa shape index (κ3) is 3.90. The number of halogens is 1. The van der Waals surface area contributed by atoms with Crippen LogP contribution in [0.1, 0.15) is 23.2 Å². The Bertz CT molecular complexity index is 510. The Hall–Kier alpha value is -0.710. The summed E-state index contributed by atoms with van der Waals surface area (Å²) in [5.74, 6) is 0. The first-order valence-electron chi connectivity index (χ1n) is 6.06. The Kier molecular flexibility index (Phi) is 4.92. The SMILES string of the molecule is CCN(Cc1cccc(C)n1)Cc1ccc(Br)s1. The Morgan fingerprint density at radius 3 is 2.67 bits per heavy atom. The van der Waals surface area contributed by atoms with E-state index in [0.29, 0.717) is 0 Å². The molecule has 0 spiro atoms. The van der Waals surface area contributed by atoms with Gasteiger partial charge in [-0.3, -0.25) is 9.88 Å². The molecule has 2 nitrogen and oxygen atoms in total. The van der Waals surface area contributed by atoms with E-state index in [9.17, 15) is 0 Å². The number of pyridine rings is 1. The number of hydrogen-bond acceptors (Lipinski definition) is 3. The van der Waals surface area contributed by atoms with Crippen molar-refractivity contribution in [2.24, 2.45) is 0 Å². The molecule has 2 heterocycles. The lowest BCUT2D eigenvalue weighted by Gasteiger charge is -2.19. The van der Waals surface area contributed by atoms with Crippen LogP contribution in [0.5, 0.6) is 0 Å². The average Bonchev–Trinajstić information content (AvgIpc) is 2.74. The van der Waals surface area contributed by atoms with Crippen molar-refractivity contribution in [3.8, 4) is 0 Å². The number of aryl methyl sites for hydroxylation is 1. The molecule has 0 aromatic carbocycles. The summed E-state index contributed by atoms with van der Waals surface area (Å²) in [7, 11) is 0. The van der Waals surface area contributed by atoms with Crippen LogP contribution in [0.4, 0.5) is 0 Å². The van der Waals surface area contributed by atoms with Crippen molar-refractivity contribution in [1.82, 2.24) is 9.88 Å². The van der Waals surface area contributed by atoms with Crippen molar-refractivity contribution < 1.29 is 0 Å². The highest BCUT2D eigenvalue weighted by atomic mass is 79.9. The summed E-state index contributed by atoms with van der Waals surface area (Å²) >= 11 is 5.31. The van der Waals surface area contributed by atoms with Crippen molar-refractivity contribution in [2.75, 3.05) is 6.54 Å². The number of nitrogens with zero attached hydrogens (tertiary/aromatic N) is 2. The third-order valence-electron chi connectivity index (χ3n) is 2.79. The van der Waals surface area contributed by atoms with Gasteiger partial charge in [-0.2, -0.15) is 0 Å². The van der Waals surface area contributed by atoms with E-state index in [1.54, 1.807) is 11.3 Å². The number of aromatic nitrogens is 1. The first-order valence-corrected chi connectivity index (χ1v) is 7.67. The lowest BCUT2D eigenvalue weighted by atomic mass is 10.3. The lowest BCUT2D eigenvalue weighted by molar-refractivity contribution is 0.270. The summed E-state index contributed by atoms with van der Waals surface area (Å²) in [6, 6.07) is 10.5. The van der Waals surface area contributed by atoms with Gasteiger partial charge in [0.2, 0.25) is 0 Å². The second kappa shape index (κ2) is 6.45. The second-order valence-electron chi connectivity index (χ2n) is 4.28. The fourth-order valence-corrected chi connectivity index (χ4v) is 3.38. The minimum Gasteiger partial charge on any atom is -0.293 e. The topological polar surface area (TPSA) is 16.1 Å². The molecule has 2 aromatic rings. The molecule has 2 rings (SSSR count). The van der Waals surface area contributed by atoms with Crippen LogP contribution in [0.2, 0.25) is 0 Å². The van der Waals surface area contributed by atoms with Crippen LogP contribution >= 0.6 is 27.3 Å². The summed E-state index contributed by atoms with van der Waals surface area (Å²) in [5, 5.41) is 0. The minimum atomic E-state index is 0.910. The zero-order valence-corrected chi connectivity index (χ0v) is 13.1. The standard InChI is InChI=1S/C14H17BrN2S/c1-3-17(10-13-7-8-14(15)18-13)9-12-6-4-5-11(2)16-12/h4-8H,3,9-10H2,1-2H3. The normalized spacial score (nSPS) is 11.1. The average molecular weight is 325 g/mol. The van der Waals surface area contributed by atoms with Crippen LogP contribution in [-0.2, 0) is 13.1 Å². The molecule has 0 fully saturated rings. The summed E-state index contributed by atoms with van der Waals surface area (Å²) in [4.78, 5) is 8.35. The van der Waals surface area contributed by atoms with E-state index in [0.717, 1.165) is 31.0 Å². The predicted octanol–water partition coefficient (Wildman–Crippen LogP) is 4.24. The summed E-state index contributed by atoms with van der Waals surface area (Å²) in [6.07, 6.45) is 0. The van der Waals surface area contributed by atoms with Gasteiger partial charge in [0.25, 0.3) is 0 Å². The summed E-state index contributed by atoms with van der Waals surface area (Å²) in [5.41, 5.74) is 2.23. The van der Waals surface area contributed by atoms with E-state index < -0.39 is 0 Å². The molecule has 0 radical (unpaired) electrons. The highest BCUT2D eigenvalue weighted by Gasteiger charge is 2.07. The summed E-state index contributed by atoms with van der Waals surface area (Å²) < 4.78 is 1.20. The van der Waals surface area contributed by atoms with Gasteiger partial charge in [-0.15, -0.1) is 11.3 Å². The van der Waals surface area contributed by atoms with Gasteiger partial charge in [0.15, 0.2) is 0 Å². The molecular weight excluding hydrogens is 308 g/mol. The van der Waals surface area contributed by atoms with Crippen LogP contribution in [0.3, 0.4) is 0 Å². The molecule has 0 saturated carbocycles. The Morgan fingerprint density at radius 1 is 1.22 bits per heavy atom. The molecular formula is C14H17BrN2S. The Morgan fingerprint density at radius 2 is 2.06 bits per heavy atom. The van der Waals surface area contributed by atoms with Gasteiger partial charge >= 0.3 is 0 Å². The second-order valence-corrected chi connectivity index (χ2v) is 6.83. The van der Waals surface area contributed by atoms with E-state index in [4.69, 9.17) is 0 Å². The molecule has 0 amide bonds. The maximum Gasteiger partial charge on any atom is 0.0701 e. The van der Waals surface area contributed by atoms with Crippen molar-refractivity contribution in [3.05, 3.63) is 50.4 Å². The van der Waals surface area contributed by atoms with Crippen LogP contribution in [0, 0.1) is 6.92 Å². The van der Waals surface area contributed by atoms with Crippen LogP contribution in [0.15, 0.2) is 34.1 Å². The number of rotatable bonds is 5. The van der Waals surface area contributed by atoms with Gasteiger partial charge in [-0.25, -0.2) is 0 Å². The van der Waals surface area contributed by atoms with E-state index >= 15 is 0 Å². The molecule has 0 bridgehead atoms. The molecule has 0 unspecified atom stereocenters. The molecule has 0 N–H and O–H groups in total. The molecule has 0 aliphatic carbocycles. The molecule has 4 heteroatoms. The van der Waals surface area contributed by atoms with Crippen LogP contribution < -0.4 is 0 Å². The molecule has 0 aliphatic rings. The fourth-order valence-electron chi connectivity index (χ4n) is 1.85. The van der Waals surface area contributed by atoms with Gasteiger partial charge in [0.05, 0.1) is 9.48 Å².